The maximum absolute atomic E-state index is 11.0. The highest BCUT2D eigenvalue weighted by Gasteiger charge is 2.06. The third-order valence-electron chi connectivity index (χ3n) is 3.00. The Morgan fingerprint density at radius 2 is 1.78 bits per heavy atom. The van der Waals surface area contributed by atoms with Gasteiger partial charge in [-0.05, 0) is 43.5 Å². The second kappa shape index (κ2) is 5.16. The van der Waals surface area contributed by atoms with Crippen molar-refractivity contribution in [1.29, 1.82) is 0 Å². The number of ether oxygens (including phenoxy) is 1. The second-order valence-corrected chi connectivity index (χ2v) is 4.40. The van der Waals surface area contributed by atoms with Crippen molar-refractivity contribution in [2.45, 2.75) is 33.2 Å². The van der Waals surface area contributed by atoms with Crippen LogP contribution in [0.25, 0.3) is 11.0 Å². The molecule has 18 heavy (non-hydrogen) atoms. The van der Waals surface area contributed by atoms with Gasteiger partial charge in [0.25, 0.3) is 0 Å². The van der Waals surface area contributed by atoms with Crippen molar-refractivity contribution in [3.63, 3.8) is 0 Å². The van der Waals surface area contributed by atoms with Crippen molar-refractivity contribution in [3.8, 4) is 0 Å². The number of carbonyl (C=O) groups is 1. The number of fused-ring (bicyclic) bond motifs is 1. The van der Waals surface area contributed by atoms with E-state index in [4.69, 9.17) is 0 Å². The van der Waals surface area contributed by atoms with Gasteiger partial charge in [-0.25, -0.2) is 0 Å². The van der Waals surface area contributed by atoms with Crippen LogP contribution < -0.4 is 0 Å². The van der Waals surface area contributed by atoms with E-state index in [-0.39, 0.29) is 5.97 Å². The number of hydrogen-bond donors (Lipinski definition) is 0. The first-order chi connectivity index (χ1) is 8.60. The molecule has 1 aromatic heterocycles. The second-order valence-electron chi connectivity index (χ2n) is 4.40. The molecule has 0 saturated carbocycles. The Morgan fingerprint density at radius 1 is 1.22 bits per heavy atom. The molecule has 0 aliphatic carbocycles. The number of esters is 1. The zero-order chi connectivity index (χ0) is 13.1. The first kappa shape index (κ1) is 12.5. The average molecular weight is 247 g/mol. The number of aromatic nitrogens is 3. The van der Waals surface area contributed by atoms with Gasteiger partial charge in [-0.2, -0.15) is 15.0 Å². The smallest absolute Gasteiger partial charge is 0.305 e. The number of nitrogens with zero attached hydrogens (tertiary/aromatic N) is 3. The lowest BCUT2D eigenvalue weighted by Gasteiger charge is -1.98. The molecule has 0 aliphatic rings. The van der Waals surface area contributed by atoms with Crippen LogP contribution in [0.1, 0.15) is 24.0 Å². The SMILES string of the molecule is COC(=O)CCCn1nc2cc(C)c(C)cc2n1. The predicted octanol–water partition coefficient (Wildman–Crippen LogP) is 2.00. The van der Waals surface area contributed by atoms with Gasteiger partial charge in [0, 0.05) is 6.42 Å². The summed E-state index contributed by atoms with van der Waals surface area (Å²) < 4.78 is 4.59. The van der Waals surface area contributed by atoms with Gasteiger partial charge >= 0.3 is 5.97 Å². The Hall–Kier alpha value is -1.91. The molecule has 0 fully saturated rings. The van der Waals surface area contributed by atoms with Crippen molar-refractivity contribution in [1.82, 2.24) is 15.0 Å². The van der Waals surface area contributed by atoms with Gasteiger partial charge in [0.15, 0.2) is 0 Å². The van der Waals surface area contributed by atoms with Gasteiger partial charge < -0.3 is 4.74 Å². The molecule has 5 heteroatoms. The van der Waals surface area contributed by atoms with Crippen LogP contribution >= 0.6 is 0 Å². The molecule has 0 N–H and O–H groups in total. The van der Waals surface area contributed by atoms with Crippen LogP contribution in [0.4, 0.5) is 0 Å². The van der Waals surface area contributed by atoms with Crippen LogP contribution in [-0.2, 0) is 16.1 Å². The molecule has 1 aromatic carbocycles. The third-order valence-corrected chi connectivity index (χ3v) is 3.00. The van der Waals surface area contributed by atoms with E-state index in [1.54, 1.807) is 4.80 Å². The first-order valence-electron chi connectivity index (χ1n) is 5.99. The monoisotopic (exact) mass is 247 g/mol. The molecule has 0 bridgehead atoms. The molecule has 96 valence electrons. The molecule has 2 aromatic rings. The van der Waals surface area contributed by atoms with Crippen LogP contribution in [0.5, 0.6) is 0 Å². The minimum absolute atomic E-state index is 0.196. The lowest BCUT2D eigenvalue weighted by atomic mass is 10.1. The Bertz CT molecular complexity index is 536. The lowest BCUT2D eigenvalue weighted by molar-refractivity contribution is -0.140. The number of benzene rings is 1. The Morgan fingerprint density at radius 3 is 2.28 bits per heavy atom. The largest absolute Gasteiger partial charge is 0.469 e. The van der Waals surface area contributed by atoms with Crippen LogP contribution in [0.15, 0.2) is 12.1 Å². The molecule has 0 amide bonds. The minimum atomic E-state index is -0.196. The van der Waals surface area contributed by atoms with E-state index < -0.39 is 0 Å². The topological polar surface area (TPSA) is 57.0 Å². The van der Waals surface area contributed by atoms with E-state index >= 15 is 0 Å². The van der Waals surface area contributed by atoms with Crippen LogP contribution in [-0.4, -0.2) is 28.1 Å². The summed E-state index contributed by atoms with van der Waals surface area (Å²) in [6.07, 6.45) is 1.08. The molecule has 5 nitrogen and oxygen atoms in total. The fourth-order valence-corrected chi connectivity index (χ4v) is 1.78. The Labute approximate surface area is 106 Å². The Balaban J connectivity index is 2.08. The summed E-state index contributed by atoms with van der Waals surface area (Å²) in [4.78, 5) is 12.6. The summed E-state index contributed by atoms with van der Waals surface area (Å²) in [6.45, 7) is 4.75. The quantitative estimate of drug-likeness (QED) is 0.775. The van der Waals surface area contributed by atoms with E-state index in [0.717, 1.165) is 11.0 Å². The highest BCUT2D eigenvalue weighted by molar-refractivity contribution is 5.75. The van der Waals surface area contributed by atoms with E-state index in [1.165, 1.54) is 18.2 Å². The molecule has 2 rings (SSSR count). The molecular weight excluding hydrogens is 230 g/mol. The summed E-state index contributed by atoms with van der Waals surface area (Å²) in [7, 11) is 1.40. The lowest BCUT2D eigenvalue weighted by Crippen LogP contribution is -2.06. The summed E-state index contributed by atoms with van der Waals surface area (Å²) in [5.74, 6) is -0.196. The minimum Gasteiger partial charge on any atom is -0.469 e. The standard InChI is InChI=1S/C13H17N3O2/c1-9-7-11-12(8-10(9)2)15-16(14-11)6-4-5-13(17)18-3/h7-8H,4-6H2,1-3H3. The van der Waals surface area contributed by atoms with Crippen molar-refractivity contribution < 1.29 is 9.53 Å². The molecule has 0 aliphatic heterocycles. The molecule has 0 saturated heterocycles. The molecule has 0 atom stereocenters. The van der Waals surface area contributed by atoms with E-state index in [9.17, 15) is 4.79 Å². The van der Waals surface area contributed by atoms with E-state index in [1.807, 2.05) is 12.1 Å². The number of hydrogen-bond acceptors (Lipinski definition) is 4. The van der Waals surface area contributed by atoms with Gasteiger partial charge in [0.2, 0.25) is 0 Å². The van der Waals surface area contributed by atoms with E-state index in [0.29, 0.717) is 19.4 Å². The molecule has 0 unspecified atom stereocenters. The summed E-state index contributed by atoms with van der Waals surface area (Å²) >= 11 is 0. The third kappa shape index (κ3) is 2.67. The Kier molecular flexibility index (Phi) is 3.60. The fourth-order valence-electron chi connectivity index (χ4n) is 1.78. The predicted molar refractivity (Wildman–Crippen MR) is 68.3 cm³/mol. The van der Waals surface area contributed by atoms with Gasteiger partial charge in [0.1, 0.15) is 11.0 Å². The van der Waals surface area contributed by atoms with E-state index in [2.05, 4.69) is 28.8 Å². The van der Waals surface area contributed by atoms with Gasteiger partial charge in [-0.1, -0.05) is 0 Å². The number of carbonyl (C=O) groups excluding carboxylic acids is 1. The van der Waals surface area contributed by atoms with Crippen molar-refractivity contribution in [3.05, 3.63) is 23.3 Å². The molecule has 0 spiro atoms. The zero-order valence-electron chi connectivity index (χ0n) is 10.9. The highest BCUT2D eigenvalue weighted by atomic mass is 16.5. The number of methoxy groups -OCH3 is 1. The van der Waals surface area contributed by atoms with Crippen LogP contribution in [0.3, 0.4) is 0 Å². The molecular formula is C13H17N3O2. The average Bonchev–Trinajstić information content (AvgIpc) is 2.71. The maximum atomic E-state index is 11.0. The van der Waals surface area contributed by atoms with Crippen molar-refractivity contribution in [2.75, 3.05) is 7.11 Å². The summed E-state index contributed by atoms with van der Waals surface area (Å²) in [5, 5.41) is 8.78. The number of rotatable bonds is 4. The van der Waals surface area contributed by atoms with Crippen molar-refractivity contribution in [2.24, 2.45) is 0 Å². The van der Waals surface area contributed by atoms with Crippen LogP contribution in [0.2, 0.25) is 0 Å². The zero-order valence-corrected chi connectivity index (χ0v) is 10.9. The van der Waals surface area contributed by atoms with Gasteiger partial charge in [0.05, 0.1) is 13.7 Å². The molecule has 1 heterocycles. The summed E-state index contributed by atoms with van der Waals surface area (Å²) in [6, 6.07) is 4.07. The normalized spacial score (nSPS) is 10.8. The highest BCUT2D eigenvalue weighted by Crippen LogP contribution is 2.15. The van der Waals surface area contributed by atoms with Crippen LogP contribution in [0, 0.1) is 13.8 Å². The number of aryl methyl sites for hydroxylation is 3. The van der Waals surface area contributed by atoms with Gasteiger partial charge in [-0.15, -0.1) is 0 Å². The summed E-state index contributed by atoms with van der Waals surface area (Å²) in [5.41, 5.74) is 4.22. The first-order valence-corrected chi connectivity index (χ1v) is 5.99. The fraction of sp³-hybridized carbons (Fsp3) is 0.462. The van der Waals surface area contributed by atoms with Gasteiger partial charge in [-0.3, -0.25) is 4.79 Å². The van der Waals surface area contributed by atoms with Crippen molar-refractivity contribution >= 4 is 17.0 Å². The molecule has 0 radical (unpaired) electrons. The maximum Gasteiger partial charge on any atom is 0.305 e.